The average molecular weight is 333 g/mol. The highest BCUT2D eigenvalue weighted by Gasteiger charge is 2.06. The smallest absolute Gasteiger partial charge is 0.136 e. The number of hydrogen-bond acceptors (Lipinski definition) is 2. The second-order valence-corrected chi connectivity index (χ2v) is 5.45. The molecule has 3 nitrogen and oxygen atoms in total. The first-order valence-electron chi connectivity index (χ1n) is 6.26. The Balaban J connectivity index is 2.37. The summed E-state index contributed by atoms with van der Waals surface area (Å²) in [6.45, 7) is 0. The van der Waals surface area contributed by atoms with E-state index in [9.17, 15) is 0 Å². The van der Waals surface area contributed by atoms with Crippen molar-refractivity contribution in [1.82, 2.24) is 4.90 Å². The number of methoxy groups -OCH3 is 1. The minimum absolute atomic E-state index is 0.843. The van der Waals surface area contributed by atoms with Crippen LogP contribution in [0.4, 0.5) is 5.69 Å². The molecule has 2 aromatic carbocycles. The van der Waals surface area contributed by atoms with Crippen LogP contribution in [0.3, 0.4) is 0 Å². The van der Waals surface area contributed by atoms with Crippen LogP contribution in [0.2, 0.25) is 0 Å². The Morgan fingerprint density at radius 1 is 1.00 bits per heavy atom. The van der Waals surface area contributed by atoms with E-state index in [0.29, 0.717) is 0 Å². The molecule has 0 atom stereocenters. The zero-order valence-electron chi connectivity index (χ0n) is 11.8. The van der Waals surface area contributed by atoms with Gasteiger partial charge in [-0.15, -0.1) is 0 Å². The third kappa shape index (κ3) is 3.61. The molecule has 2 rings (SSSR count). The van der Waals surface area contributed by atoms with E-state index in [1.54, 1.807) is 7.11 Å². The van der Waals surface area contributed by atoms with Crippen molar-refractivity contribution in [2.75, 3.05) is 21.2 Å². The summed E-state index contributed by atoms with van der Waals surface area (Å²) in [5.41, 5.74) is 1.98. The van der Waals surface area contributed by atoms with Gasteiger partial charge < -0.3 is 9.64 Å². The monoisotopic (exact) mass is 332 g/mol. The second kappa shape index (κ2) is 6.57. The fourth-order valence-corrected chi connectivity index (χ4v) is 2.07. The molecule has 104 valence electrons. The van der Waals surface area contributed by atoms with Gasteiger partial charge in [-0.2, -0.15) is 0 Å². The van der Waals surface area contributed by atoms with Crippen molar-refractivity contribution in [3.63, 3.8) is 0 Å². The third-order valence-electron chi connectivity index (χ3n) is 2.83. The van der Waals surface area contributed by atoms with Crippen molar-refractivity contribution >= 4 is 27.5 Å². The van der Waals surface area contributed by atoms with E-state index in [0.717, 1.165) is 27.3 Å². The number of hydrogen-bond donors (Lipinski definition) is 0. The summed E-state index contributed by atoms with van der Waals surface area (Å²) >= 11 is 3.43. The molecule has 0 spiro atoms. The van der Waals surface area contributed by atoms with Gasteiger partial charge >= 0.3 is 0 Å². The molecule has 0 heterocycles. The molecule has 0 aliphatic heterocycles. The van der Waals surface area contributed by atoms with Gasteiger partial charge in [0.2, 0.25) is 0 Å². The number of halogens is 1. The highest BCUT2D eigenvalue weighted by Crippen LogP contribution is 2.19. The molecule has 0 bridgehead atoms. The molecule has 0 unspecified atom stereocenters. The SMILES string of the molecule is COc1ccc(C(=Nc2ccc(Br)cc2)N(C)C)cc1. The van der Waals surface area contributed by atoms with Crippen LogP contribution in [-0.4, -0.2) is 31.9 Å². The van der Waals surface area contributed by atoms with E-state index >= 15 is 0 Å². The van der Waals surface area contributed by atoms with Crippen LogP contribution in [-0.2, 0) is 0 Å². The van der Waals surface area contributed by atoms with Crippen LogP contribution in [0.1, 0.15) is 5.56 Å². The summed E-state index contributed by atoms with van der Waals surface area (Å²) in [5.74, 6) is 1.76. The Morgan fingerprint density at radius 3 is 2.10 bits per heavy atom. The zero-order chi connectivity index (χ0) is 14.5. The Bertz CT molecular complexity index is 589. The Labute approximate surface area is 128 Å². The van der Waals surface area contributed by atoms with Crippen LogP contribution in [0.25, 0.3) is 0 Å². The van der Waals surface area contributed by atoms with Gasteiger partial charge in [0.25, 0.3) is 0 Å². The van der Waals surface area contributed by atoms with E-state index in [1.165, 1.54) is 0 Å². The first kappa shape index (κ1) is 14.6. The lowest BCUT2D eigenvalue weighted by Crippen LogP contribution is -2.22. The van der Waals surface area contributed by atoms with Crippen LogP contribution < -0.4 is 4.74 Å². The van der Waals surface area contributed by atoms with Crippen molar-refractivity contribution in [3.05, 3.63) is 58.6 Å². The number of ether oxygens (including phenoxy) is 1. The molecule has 0 N–H and O–H groups in total. The van der Waals surface area contributed by atoms with Gasteiger partial charge in [0.05, 0.1) is 12.8 Å². The number of amidine groups is 1. The number of benzene rings is 2. The fourth-order valence-electron chi connectivity index (χ4n) is 1.80. The molecule has 0 fully saturated rings. The van der Waals surface area contributed by atoms with E-state index in [-0.39, 0.29) is 0 Å². The summed E-state index contributed by atoms with van der Waals surface area (Å²) in [6.07, 6.45) is 0. The predicted molar refractivity (Wildman–Crippen MR) is 87.0 cm³/mol. The second-order valence-electron chi connectivity index (χ2n) is 4.53. The minimum Gasteiger partial charge on any atom is -0.497 e. The molecule has 0 aromatic heterocycles. The van der Waals surface area contributed by atoms with Gasteiger partial charge in [-0.1, -0.05) is 15.9 Å². The highest BCUT2D eigenvalue weighted by atomic mass is 79.9. The third-order valence-corrected chi connectivity index (χ3v) is 3.36. The molecule has 0 saturated heterocycles. The summed E-state index contributed by atoms with van der Waals surface area (Å²) in [5, 5.41) is 0. The maximum atomic E-state index is 5.18. The topological polar surface area (TPSA) is 24.8 Å². The van der Waals surface area contributed by atoms with Gasteiger partial charge in [0.15, 0.2) is 0 Å². The number of nitrogens with zero attached hydrogens (tertiary/aromatic N) is 2. The Kier molecular flexibility index (Phi) is 4.79. The lowest BCUT2D eigenvalue weighted by molar-refractivity contribution is 0.414. The molecule has 20 heavy (non-hydrogen) atoms. The quantitative estimate of drug-likeness (QED) is 0.624. The molecule has 0 radical (unpaired) electrons. The highest BCUT2D eigenvalue weighted by molar-refractivity contribution is 9.10. The van der Waals surface area contributed by atoms with E-state index in [2.05, 4.69) is 15.9 Å². The summed E-state index contributed by atoms with van der Waals surface area (Å²) in [4.78, 5) is 6.71. The maximum absolute atomic E-state index is 5.18. The molecular formula is C16H17BrN2O. The number of rotatable bonds is 3. The molecular weight excluding hydrogens is 316 g/mol. The standard InChI is InChI=1S/C16H17BrN2O/c1-19(2)16(12-4-10-15(20-3)11-5-12)18-14-8-6-13(17)7-9-14/h4-11H,1-3H3. The lowest BCUT2D eigenvalue weighted by atomic mass is 10.2. The van der Waals surface area contributed by atoms with Gasteiger partial charge in [0, 0.05) is 24.1 Å². The van der Waals surface area contributed by atoms with E-state index in [4.69, 9.17) is 9.73 Å². The van der Waals surface area contributed by atoms with E-state index in [1.807, 2.05) is 67.5 Å². The van der Waals surface area contributed by atoms with Crippen LogP contribution in [0.15, 0.2) is 58.0 Å². The molecule has 0 aliphatic rings. The Morgan fingerprint density at radius 2 is 1.60 bits per heavy atom. The summed E-state index contributed by atoms with van der Waals surface area (Å²) in [6, 6.07) is 15.8. The Hall–Kier alpha value is -1.81. The normalized spacial score (nSPS) is 11.3. The van der Waals surface area contributed by atoms with Crippen molar-refractivity contribution < 1.29 is 4.74 Å². The largest absolute Gasteiger partial charge is 0.497 e. The maximum Gasteiger partial charge on any atom is 0.136 e. The molecule has 0 aliphatic carbocycles. The van der Waals surface area contributed by atoms with Crippen molar-refractivity contribution in [2.24, 2.45) is 4.99 Å². The van der Waals surface area contributed by atoms with Gasteiger partial charge in [-0.05, 0) is 48.5 Å². The molecule has 0 amide bonds. The zero-order valence-corrected chi connectivity index (χ0v) is 13.4. The van der Waals surface area contributed by atoms with Crippen molar-refractivity contribution in [3.8, 4) is 5.75 Å². The fraction of sp³-hybridized carbons (Fsp3) is 0.188. The van der Waals surface area contributed by atoms with Gasteiger partial charge in [0.1, 0.15) is 11.6 Å². The first-order valence-corrected chi connectivity index (χ1v) is 7.05. The molecule has 4 heteroatoms. The van der Waals surface area contributed by atoms with Gasteiger partial charge in [-0.3, -0.25) is 0 Å². The molecule has 2 aromatic rings. The van der Waals surface area contributed by atoms with Gasteiger partial charge in [-0.25, -0.2) is 4.99 Å². The van der Waals surface area contributed by atoms with Crippen LogP contribution in [0.5, 0.6) is 5.75 Å². The lowest BCUT2D eigenvalue weighted by Gasteiger charge is -2.16. The first-order chi connectivity index (χ1) is 9.60. The predicted octanol–water partition coefficient (Wildman–Crippen LogP) is 4.10. The van der Waals surface area contributed by atoms with Crippen LogP contribution in [0, 0.1) is 0 Å². The molecule has 0 saturated carbocycles. The van der Waals surface area contributed by atoms with Crippen molar-refractivity contribution in [2.45, 2.75) is 0 Å². The minimum atomic E-state index is 0.843. The van der Waals surface area contributed by atoms with E-state index < -0.39 is 0 Å². The number of aliphatic imine (C=N–C) groups is 1. The summed E-state index contributed by atoms with van der Waals surface area (Å²) in [7, 11) is 5.64. The van der Waals surface area contributed by atoms with Crippen LogP contribution >= 0.6 is 15.9 Å². The average Bonchev–Trinajstić information content (AvgIpc) is 2.46. The summed E-state index contributed by atoms with van der Waals surface area (Å²) < 4.78 is 6.23. The van der Waals surface area contributed by atoms with Crippen molar-refractivity contribution in [1.29, 1.82) is 0 Å².